The van der Waals surface area contributed by atoms with Gasteiger partial charge in [-0.05, 0) is 38.0 Å². The molecule has 1 fully saturated rings. The Hall–Kier alpha value is -1.10. The monoisotopic (exact) mass is 308 g/mol. The fourth-order valence-corrected chi connectivity index (χ4v) is 4.04. The molecule has 0 aromatic carbocycles. The Bertz CT molecular complexity index is 459. The molecule has 21 heavy (non-hydrogen) atoms. The maximum absolute atomic E-state index is 4.39. The zero-order valence-corrected chi connectivity index (χ0v) is 14.5. The number of hydrogen-bond acceptors (Lipinski definition) is 3. The number of hydrogen-bond donors (Lipinski definition) is 2. The minimum absolute atomic E-state index is 0.553. The normalized spacial score (nSPS) is 26.7. The van der Waals surface area contributed by atoms with Crippen LogP contribution in [0.5, 0.6) is 0 Å². The smallest absolute Gasteiger partial charge is 0.191 e. The lowest BCUT2D eigenvalue weighted by Crippen LogP contribution is -2.46. The van der Waals surface area contributed by atoms with Crippen LogP contribution in [-0.4, -0.2) is 30.6 Å². The first kappa shape index (κ1) is 16.3. The van der Waals surface area contributed by atoms with Gasteiger partial charge in [-0.15, -0.1) is 11.3 Å². The SMILES string of the molecule is CN=C(NCCc1ncc(C)s1)NC1CC(C)CC(C)C1. The van der Waals surface area contributed by atoms with E-state index in [4.69, 9.17) is 0 Å². The summed E-state index contributed by atoms with van der Waals surface area (Å²) in [6, 6.07) is 0.553. The molecule has 2 atom stereocenters. The first-order valence-corrected chi connectivity index (χ1v) is 8.77. The number of aryl methyl sites for hydroxylation is 1. The predicted octanol–water partition coefficient (Wildman–Crippen LogP) is 2.98. The van der Waals surface area contributed by atoms with E-state index in [2.05, 4.69) is 41.4 Å². The summed E-state index contributed by atoms with van der Waals surface area (Å²) >= 11 is 1.77. The third-order valence-electron chi connectivity index (χ3n) is 4.04. The molecule has 1 aromatic rings. The van der Waals surface area contributed by atoms with Crippen LogP contribution in [0.1, 0.15) is 43.0 Å². The van der Waals surface area contributed by atoms with Gasteiger partial charge in [0.1, 0.15) is 0 Å². The lowest BCUT2D eigenvalue weighted by molar-refractivity contribution is 0.255. The van der Waals surface area contributed by atoms with Crippen LogP contribution in [0.2, 0.25) is 0 Å². The Morgan fingerprint density at radius 2 is 2.05 bits per heavy atom. The molecule has 2 N–H and O–H groups in total. The van der Waals surface area contributed by atoms with E-state index < -0.39 is 0 Å². The second-order valence-electron chi connectivity index (χ2n) is 6.37. The van der Waals surface area contributed by atoms with Crippen LogP contribution in [-0.2, 0) is 6.42 Å². The highest BCUT2D eigenvalue weighted by Gasteiger charge is 2.24. The van der Waals surface area contributed by atoms with E-state index in [0.29, 0.717) is 6.04 Å². The van der Waals surface area contributed by atoms with Crippen molar-refractivity contribution in [2.24, 2.45) is 16.8 Å². The molecule has 2 rings (SSSR count). The average Bonchev–Trinajstić information content (AvgIpc) is 2.82. The van der Waals surface area contributed by atoms with Crippen molar-refractivity contribution < 1.29 is 0 Å². The van der Waals surface area contributed by atoms with Crippen molar-refractivity contribution >= 4 is 17.3 Å². The van der Waals surface area contributed by atoms with Crippen LogP contribution in [0.25, 0.3) is 0 Å². The molecule has 0 radical (unpaired) electrons. The molecular weight excluding hydrogens is 280 g/mol. The zero-order chi connectivity index (χ0) is 15.2. The minimum atomic E-state index is 0.553. The topological polar surface area (TPSA) is 49.3 Å². The van der Waals surface area contributed by atoms with E-state index in [0.717, 1.165) is 30.8 Å². The van der Waals surface area contributed by atoms with Crippen molar-refractivity contribution in [3.05, 3.63) is 16.1 Å². The van der Waals surface area contributed by atoms with E-state index in [1.54, 1.807) is 11.3 Å². The standard InChI is InChI=1S/C16H28N4S/c1-11-7-12(2)9-14(8-11)20-16(17-4)18-6-5-15-19-10-13(3)21-15/h10-12,14H,5-9H2,1-4H3,(H2,17,18,20). The third-order valence-corrected chi connectivity index (χ3v) is 5.02. The first-order chi connectivity index (χ1) is 10.1. The van der Waals surface area contributed by atoms with E-state index in [1.165, 1.54) is 29.1 Å². The minimum Gasteiger partial charge on any atom is -0.356 e. The molecule has 1 heterocycles. The third kappa shape index (κ3) is 5.30. The highest BCUT2D eigenvalue weighted by molar-refractivity contribution is 7.11. The van der Waals surface area contributed by atoms with E-state index >= 15 is 0 Å². The maximum Gasteiger partial charge on any atom is 0.191 e. The number of aliphatic imine (C=N–C) groups is 1. The Morgan fingerprint density at radius 1 is 1.33 bits per heavy atom. The quantitative estimate of drug-likeness (QED) is 0.664. The van der Waals surface area contributed by atoms with Crippen LogP contribution in [0.4, 0.5) is 0 Å². The van der Waals surface area contributed by atoms with Crippen LogP contribution < -0.4 is 10.6 Å². The van der Waals surface area contributed by atoms with Crippen molar-refractivity contribution in [1.82, 2.24) is 15.6 Å². The van der Waals surface area contributed by atoms with E-state index in [-0.39, 0.29) is 0 Å². The zero-order valence-electron chi connectivity index (χ0n) is 13.6. The van der Waals surface area contributed by atoms with E-state index in [1.807, 2.05) is 13.2 Å². The van der Waals surface area contributed by atoms with E-state index in [9.17, 15) is 0 Å². The Morgan fingerprint density at radius 3 is 2.62 bits per heavy atom. The lowest BCUT2D eigenvalue weighted by Gasteiger charge is -2.32. The molecule has 0 bridgehead atoms. The molecule has 1 saturated carbocycles. The molecule has 0 aliphatic heterocycles. The Labute approximate surface area is 132 Å². The van der Waals surface area contributed by atoms with Crippen LogP contribution in [0.15, 0.2) is 11.2 Å². The fraction of sp³-hybridized carbons (Fsp3) is 0.750. The van der Waals surface area contributed by atoms with Crippen molar-refractivity contribution in [3.63, 3.8) is 0 Å². The molecule has 2 unspecified atom stereocenters. The van der Waals surface area contributed by atoms with Crippen LogP contribution in [0, 0.1) is 18.8 Å². The summed E-state index contributed by atoms with van der Waals surface area (Å²) in [5.74, 6) is 2.54. The number of rotatable bonds is 4. The summed E-state index contributed by atoms with van der Waals surface area (Å²) in [6.45, 7) is 7.68. The van der Waals surface area contributed by atoms with Gasteiger partial charge in [-0.2, -0.15) is 0 Å². The van der Waals surface area contributed by atoms with Gasteiger partial charge in [0.15, 0.2) is 5.96 Å². The molecule has 118 valence electrons. The second-order valence-corrected chi connectivity index (χ2v) is 7.69. The van der Waals surface area contributed by atoms with Crippen molar-refractivity contribution in [1.29, 1.82) is 0 Å². The van der Waals surface area contributed by atoms with Gasteiger partial charge in [0.25, 0.3) is 0 Å². The summed E-state index contributed by atoms with van der Waals surface area (Å²) in [7, 11) is 1.85. The van der Waals surface area contributed by atoms with Crippen molar-refractivity contribution in [2.45, 2.75) is 52.5 Å². The lowest BCUT2D eigenvalue weighted by atomic mass is 9.80. The number of guanidine groups is 1. The molecule has 0 saturated heterocycles. The molecule has 1 aliphatic rings. The van der Waals surface area contributed by atoms with Gasteiger partial charge in [-0.25, -0.2) is 4.98 Å². The number of aromatic nitrogens is 1. The largest absolute Gasteiger partial charge is 0.356 e. The molecule has 0 amide bonds. The van der Waals surface area contributed by atoms with Gasteiger partial charge in [0.2, 0.25) is 0 Å². The Balaban J connectivity index is 1.75. The second kappa shape index (κ2) is 7.78. The van der Waals surface area contributed by atoms with Gasteiger partial charge in [0.05, 0.1) is 5.01 Å². The summed E-state index contributed by atoms with van der Waals surface area (Å²) in [4.78, 5) is 10.0. The summed E-state index contributed by atoms with van der Waals surface area (Å²) in [5.41, 5.74) is 0. The van der Waals surface area contributed by atoms with Gasteiger partial charge in [-0.3, -0.25) is 4.99 Å². The number of nitrogens with one attached hydrogen (secondary N) is 2. The summed E-state index contributed by atoms with van der Waals surface area (Å²) < 4.78 is 0. The van der Waals surface area contributed by atoms with Gasteiger partial charge >= 0.3 is 0 Å². The molecule has 0 spiro atoms. The molecule has 1 aliphatic carbocycles. The van der Waals surface area contributed by atoms with Gasteiger partial charge in [-0.1, -0.05) is 13.8 Å². The summed E-state index contributed by atoms with van der Waals surface area (Å²) in [6.07, 6.45) is 6.75. The summed E-state index contributed by atoms with van der Waals surface area (Å²) in [5, 5.41) is 8.18. The van der Waals surface area contributed by atoms with Gasteiger partial charge < -0.3 is 10.6 Å². The maximum atomic E-state index is 4.39. The average molecular weight is 308 g/mol. The van der Waals surface area contributed by atoms with Crippen molar-refractivity contribution in [2.75, 3.05) is 13.6 Å². The van der Waals surface area contributed by atoms with Crippen molar-refractivity contribution in [3.8, 4) is 0 Å². The molecule has 5 heteroatoms. The molecule has 4 nitrogen and oxygen atoms in total. The van der Waals surface area contributed by atoms with Gasteiger partial charge in [0, 0.05) is 37.1 Å². The first-order valence-electron chi connectivity index (χ1n) is 7.95. The highest BCUT2D eigenvalue weighted by Crippen LogP contribution is 2.28. The fourth-order valence-electron chi connectivity index (χ4n) is 3.26. The number of nitrogens with zero attached hydrogens (tertiary/aromatic N) is 2. The molecular formula is C16H28N4S. The predicted molar refractivity (Wildman–Crippen MR) is 91.0 cm³/mol. The van der Waals surface area contributed by atoms with Crippen LogP contribution in [0.3, 0.4) is 0 Å². The highest BCUT2D eigenvalue weighted by atomic mass is 32.1. The molecule has 1 aromatic heterocycles. The number of thiazole rings is 1. The van der Waals surface area contributed by atoms with Crippen LogP contribution >= 0.6 is 11.3 Å². The Kier molecular flexibility index (Phi) is 6.03.